The summed E-state index contributed by atoms with van der Waals surface area (Å²) in [6.07, 6.45) is 7.94. The third kappa shape index (κ3) is 2.95. The second-order valence-corrected chi connectivity index (χ2v) is 6.67. The number of hydrogen-bond acceptors (Lipinski definition) is 4. The molecule has 2 aliphatic carbocycles. The zero-order valence-corrected chi connectivity index (χ0v) is 13.0. The highest BCUT2D eigenvalue weighted by Gasteiger charge is 2.35. The molecule has 1 aromatic heterocycles. The summed E-state index contributed by atoms with van der Waals surface area (Å²) in [7, 11) is 0. The molecule has 1 aromatic rings. The van der Waals surface area contributed by atoms with Gasteiger partial charge in [0.25, 0.3) is 5.56 Å². The number of nitrogens with one attached hydrogen (secondary N) is 1. The van der Waals surface area contributed by atoms with Gasteiger partial charge in [0.2, 0.25) is 5.91 Å². The van der Waals surface area contributed by atoms with Gasteiger partial charge in [0.05, 0.1) is 24.9 Å². The molecule has 1 saturated heterocycles. The van der Waals surface area contributed by atoms with Crippen LogP contribution in [0.2, 0.25) is 0 Å². The van der Waals surface area contributed by atoms with Crippen LogP contribution in [-0.4, -0.2) is 34.9 Å². The molecule has 1 saturated carbocycles. The van der Waals surface area contributed by atoms with E-state index in [0.29, 0.717) is 19.1 Å². The highest BCUT2D eigenvalue weighted by atomic mass is 16.5. The predicted molar refractivity (Wildman–Crippen MR) is 84.1 cm³/mol. The monoisotopic (exact) mass is 315 g/mol. The van der Waals surface area contributed by atoms with Gasteiger partial charge in [-0.05, 0) is 31.7 Å². The SMILES string of the molecule is O=C(NC1COCC1n1nc(C2CC2)ccc1=O)C1CC=CC1. The smallest absolute Gasteiger partial charge is 0.267 e. The van der Waals surface area contributed by atoms with Gasteiger partial charge in [-0.2, -0.15) is 5.10 Å². The third-order valence-electron chi connectivity index (χ3n) is 4.91. The van der Waals surface area contributed by atoms with E-state index in [2.05, 4.69) is 10.4 Å². The maximum atomic E-state index is 12.3. The lowest BCUT2D eigenvalue weighted by molar-refractivity contribution is -0.125. The Morgan fingerprint density at radius 2 is 2.00 bits per heavy atom. The number of nitrogens with zero attached hydrogens (tertiary/aromatic N) is 2. The van der Waals surface area contributed by atoms with Crippen LogP contribution >= 0.6 is 0 Å². The fourth-order valence-corrected chi connectivity index (χ4v) is 3.33. The van der Waals surface area contributed by atoms with Crippen LogP contribution < -0.4 is 10.9 Å². The van der Waals surface area contributed by atoms with Crippen molar-refractivity contribution in [2.45, 2.75) is 43.7 Å². The van der Waals surface area contributed by atoms with Gasteiger partial charge in [-0.3, -0.25) is 9.59 Å². The topological polar surface area (TPSA) is 73.2 Å². The van der Waals surface area contributed by atoms with Crippen molar-refractivity contribution in [2.24, 2.45) is 5.92 Å². The fraction of sp³-hybridized carbons (Fsp3) is 0.588. The molecule has 3 aliphatic rings. The van der Waals surface area contributed by atoms with E-state index in [4.69, 9.17) is 4.74 Å². The van der Waals surface area contributed by atoms with E-state index in [1.54, 1.807) is 6.07 Å². The van der Waals surface area contributed by atoms with Crippen LogP contribution in [0.15, 0.2) is 29.1 Å². The zero-order valence-electron chi connectivity index (χ0n) is 13.0. The van der Waals surface area contributed by atoms with Gasteiger partial charge in [-0.25, -0.2) is 4.68 Å². The molecule has 0 aromatic carbocycles. The quantitative estimate of drug-likeness (QED) is 0.846. The van der Waals surface area contributed by atoms with Gasteiger partial charge < -0.3 is 10.1 Å². The lowest BCUT2D eigenvalue weighted by atomic mass is 10.1. The molecule has 2 heterocycles. The second kappa shape index (κ2) is 5.92. The number of allylic oxidation sites excluding steroid dienone is 2. The van der Waals surface area contributed by atoms with E-state index in [1.165, 1.54) is 4.68 Å². The summed E-state index contributed by atoms with van der Waals surface area (Å²) in [5.74, 6) is 0.544. The number of amides is 1. The van der Waals surface area contributed by atoms with Crippen molar-refractivity contribution in [3.63, 3.8) is 0 Å². The first-order chi connectivity index (χ1) is 11.2. The van der Waals surface area contributed by atoms with E-state index in [0.717, 1.165) is 31.4 Å². The molecule has 1 amide bonds. The molecule has 2 atom stereocenters. The van der Waals surface area contributed by atoms with Crippen LogP contribution in [0.4, 0.5) is 0 Å². The number of hydrogen-bond donors (Lipinski definition) is 1. The minimum absolute atomic E-state index is 0.0127. The summed E-state index contributed by atoms with van der Waals surface area (Å²) >= 11 is 0. The maximum Gasteiger partial charge on any atom is 0.267 e. The lowest BCUT2D eigenvalue weighted by Gasteiger charge is -2.22. The van der Waals surface area contributed by atoms with Gasteiger partial charge in [0.1, 0.15) is 6.04 Å². The number of aromatic nitrogens is 2. The molecular formula is C17H21N3O3. The molecular weight excluding hydrogens is 294 g/mol. The normalized spacial score (nSPS) is 27.5. The minimum atomic E-state index is -0.223. The first-order valence-electron chi connectivity index (χ1n) is 8.35. The molecule has 1 aliphatic heterocycles. The molecule has 6 heteroatoms. The van der Waals surface area contributed by atoms with Crippen molar-refractivity contribution in [1.29, 1.82) is 0 Å². The standard InChI is InChI=1S/C17H21N3O3/c21-16-8-7-13(11-5-6-11)19-20(16)15-10-23-9-14(15)18-17(22)12-3-1-2-4-12/h1-2,7-8,11-12,14-15H,3-6,9-10H2,(H,18,22). The van der Waals surface area contributed by atoms with Crippen molar-refractivity contribution in [1.82, 2.24) is 15.1 Å². The number of rotatable bonds is 4. The van der Waals surface area contributed by atoms with Gasteiger partial charge in [-0.15, -0.1) is 0 Å². The Kier molecular flexibility index (Phi) is 3.77. The molecule has 0 bridgehead atoms. The zero-order chi connectivity index (χ0) is 15.8. The number of ether oxygens (including phenoxy) is 1. The van der Waals surface area contributed by atoms with Crippen LogP contribution in [0.3, 0.4) is 0 Å². The van der Waals surface area contributed by atoms with E-state index in [9.17, 15) is 9.59 Å². The van der Waals surface area contributed by atoms with Crippen LogP contribution in [0.1, 0.15) is 43.3 Å². The van der Waals surface area contributed by atoms with Crippen LogP contribution in [0.25, 0.3) is 0 Å². The highest BCUT2D eigenvalue weighted by molar-refractivity contribution is 5.79. The van der Waals surface area contributed by atoms with Crippen molar-refractivity contribution in [2.75, 3.05) is 13.2 Å². The van der Waals surface area contributed by atoms with Crippen molar-refractivity contribution in [3.05, 3.63) is 40.3 Å². The Hall–Kier alpha value is -1.95. The molecule has 122 valence electrons. The van der Waals surface area contributed by atoms with Crippen LogP contribution in [0, 0.1) is 5.92 Å². The second-order valence-electron chi connectivity index (χ2n) is 6.67. The first-order valence-corrected chi connectivity index (χ1v) is 8.35. The van der Waals surface area contributed by atoms with E-state index < -0.39 is 0 Å². The average molecular weight is 315 g/mol. The molecule has 1 N–H and O–H groups in total. The maximum absolute atomic E-state index is 12.3. The van der Waals surface area contributed by atoms with Crippen LogP contribution in [-0.2, 0) is 9.53 Å². The van der Waals surface area contributed by atoms with Gasteiger partial charge in [-0.1, -0.05) is 12.2 Å². The molecule has 0 spiro atoms. The van der Waals surface area contributed by atoms with E-state index >= 15 is 0 Å². The summed E-state index contributed by atoms with van der Waals surface area (Å²) in [5, 5.41) is 7.59. The van der Waals surface area contributed by atoms with Crippen molar-refractivity contribution < 1.29 is 9.53 Å². The molecule has 2 fully saturated rings. The Balaban J connectivity index is 1.52. The molecule has 4 rings (SSSR count). The first kappa shape index (κ1) is 14.6. The summed E-state index contributed by atoms with van der Waals surface area (Å²) in [6.45, 7) is 0.840. The fourth-order valence-electron chi connectivity index (χ4n) is 3.33. The summed E-state index contributed by atoms with van der Waals surface area (Å²) < 4.78 is 7.04. The van der Waals surface area contributed by atoms with Gasteiger partial charge in [0.15, 0.2) is 0 Å². The molecule has 2 unspecified atom stereocenters. The summed E-state index contributed by atoms with van der Waals surface area (Å²) in [5.41, 5.74) is 0.841. The molecule has 23 heavy (non-hydrogen) atoms. The van der Waals surface area contributed by atoms with E-state index in [-0.39, 0.29) is 29.5 Å². The van der Waals surface area contributed by atoms with Gasteiger partial charge in [0, 0.05) is 17.9 Å². The predicted octanol–water partition coefficient (Wildman–Crippen LogP) is 1.14. The molecule has 6 nitrogen and oxygen atoms in total. The van der Waals surface area contributed by atoms with Crippen molar-refractivity contribution in [3.8, 4) is 0 Å². The largest absolute Gasteiger partial charge is 0.377 e. The Morgan fingerprint density at radius 3 is 2.74 bits per heavy atom. The highest BCUT2D eigenvalue weighted by Crippen LogP contribution is 2.38. The van der Waals surface area contributed by atoms with Gasteiger partial charge >= 0.3 is 0 Å². The summed E-state index contributed by atoms with van der Waals surface area (Å²) in [4.78, 5) is 24.5. The number of carbonyl (C=O) groups excluding carboxylic acids is 1. The van der Waals surface area contributed by atoms with Crippen LogP contribution in [0.5, 0.6) is 0 Å². The molecule has 0 radical (unpaired) electrons. The third-order valence-corrected chi connectivity index (χ3v) is 4.91. The minimum Gasteiger partial charge on any atom is -0.377 e. The lowest BCUT2D eigenvalue weighted by Crippen LogP contribution is -2.45. The average Bonchev–Trinajstić information content (AvgIpc) is 3.07. The van der Waals surface area contributed by atoms with E-state index in [1.807, 2.05) is 18.2 Å². The summed E-state index contributed by atoms with van der Waals surface area (Å²) in [6, 6.07) is 2.99. The number of carbonyl (C=O) groups is 1. The Morgan fingerprint density at radius 1 is 1.22 bits per heavy atom. The Bertz CT molecular complexity index is 685. The van der Waals surface area contributed by atoms with Crippen molar-refractivity contribution >= 4 is 5.91 Å². The Labute approximate surface area is 134 Å².